The highest BCUT2D eigenvalue weighted by atomic mass is 16.5. The highest BCUT2D eigenvalue weighted by Gasteiger charge is 2.10. The summed E-state index contributed by atoms with van der Waals surface area (Å²) in [5.74, 6) is -0.193. The number of hydrogen-bond acceptors (Lipinski definition) is 2. The average Bonchev–Trinajstić information content (AvgIpc) is 2.09. The Bertz CT molecular complexity index is 209. The van der Waals surface area contributed by atoms with Crippen LogP contribution in [0, 0.1) is 5.41 Å². The minimum atomic E-state index is -0.193. The molecule has 0 aromatic carbocycles. The van der Waals surface area contributed by atoms with Gasteiger partial charge in [0.25, 0.3) is 0 Å². The molecule has 82 valence electrons. The molecule has 0 aromatic heterocycles. The van der Waals surface area contributed by atoms with Crippen molar-refractivity contribution < 1.29 is 9.53 Å². The molecule has 2 heteroatoms. The van der Waals surface area contributed by atoms with E-state index in [1.54, 1.807) is 0 Å². The molecule has 0 unspecified atom stereocenters. The second-order valence-corrected chi connectivity index (χ2v) is 4.67. The Morgan fingerprint density at radius 2 is 1.93 bits per heavy atom. The molecule has 2 nitrogen and oxygen atoms in total. The number of ether oxygens (including phenoxy) is 1. The van der Waals surface area contributed by atoms with Crippen molar-refractivity contribution in [2.75, 3.05) is 7.11 Å². The maximum absolute atomic E-state index is 11.2. The molecule has 0 atom stereocenters. The van der Waals surface area contributed by atoms with Crippen molar-refractivity contribution in [3.05, 3.63) is 11.6 Å². The first kappa shape index (κ1) is 13.2. The summed E-state index contributed by atoms with van der Waals surface area (Å²) < 4.78 is 4.68. The molecular formula is C12H22O2. The lowest BCUT2D eigenvalue weighted by Gasteiger charge is -2.16. The van der Waals surface area contributed by atoms with Crippen LogP contribution in [0.15, 0.2) is 11.6 Å². The van der Waals surface area contributed by atoms with E-state index < -0.39 is 0 Å². The van der Waals surface area contributed by atoms with Crippen LogP contribution in [0.2, 0.25) is 0 Å². The molecule has 0 bridgehead atoms. The van der Waals surface area contributed by atoms with Gasteiger partial charge in [-0.1, -0.05) is 33.8 Å². The summed E-state index contributed by atoms with van der Waals surface area (Å²) >= 11 is 0. The first-order valence-electron chi connectivity index (χ1n) is 5.18. The summed E-state index contributed by atoms with van der Waals surface area (Å²) in [7, 11) is 1.43. The second-order valence-electron chi connectivity index (χ2n) is 4.67. The Hall–Kier alpha value is -0.790. The molecule has 0 amide bonds. The van der Waals surface area contributed by atoms with Gasteiger partial charge in [0.05, 0.1) is 7.11 Å². The van der Waals surface area contributed by atoms with Crippen molar-refractivity contribution in [2.45, 2.75) is 47.0 Å². The van der Waals surface area contributed by atoms with Gasteiger partial charge in [-0.15, -0.1) is 0 Å². The Balaban J connectivity index is 4.13. The minimum absolute atomic E-state index is 0.193. The zero-order valence-electron chi connectivity index (χ0n) is 10.0. The van der Waals surface area contributed by atoms with E-state index in [1.165, 1.54) is 7.11 Å². The average molecular weight is 198 g/mol. The van der Waals surface area contributed by atoms with Gasteiger partial charge in [0.1, 0.15) is 0 Å². The van der Waals surface area contributed by atoms with Gasteiger partial charge in [0.2, 0.25) is 0 Å². The lowest BCUT2D eigenvalue weighted by atomic mass is 9.90. The SMILES string of the molecule is CC/C(=C\CCC(C)(C)C)C(=O)OC. The van der Waals surface area contributed by atoms with E-state index in [-0.39, 0.29) is 5.97 Å². The number of esters is 1. The summed E-state index contributed by atoms with van der Waals surface area (Å²) in [6, 6.07) is 0. The van der Waals surface area contributed by atoms with Crippen molar-refractivity contribution in [2.24, 2.45) is 5.41 Å². The van der Waals surface area contributed by atoms with Crippen molar-refractivity contribution in [1.82, 2.24) is 0 Å². The van der Waals surface area contributed by atoms with Gasteiger partial charge in [0, 0.05) is 5.57 Å². The number of carbonyl (C=O) groups is 1. The van der Waals surface area contributed by atoms with Crippen molar-refractivity contribution >= 4 is 5.97 Å². The molecule has 0 aliphatic heterocycles. The fourth-order valence-corrected chi connectivity index (χ4v) is 1.18. The normalized spacial score (nSPS) is 12.8. The number of carbonyl (C=O) groups excluding carboxylic acids is 1. The van der Waals surface area contributed by atoms with Gasteiger partial charge < -0.3 is 4.74 Å². The number of rotatable bonds is 4. The first-order chi connectivity index (χ1) is 6.40. The Morgan fingerprint density at radius 1 is 1.36 bits per heavy atom. The molecule has 0 fully saturated rings. The first-order valence-corrected chi connectivity index (χ1v) is 5.18. The number of allylic oxidation sites excluding steroid dienone is 1. The molecule has 0 saturated heterocycles. The Labute approximate surface area is 87.3 Å². The summed E-state index contributed by atoms with van der Waals surface area (Å²) in [6.07, 6.45) is 4.78. The smallest absolute Gasteiger partial charge is 0.333 e. The maximum Gasteiger partial charge on any atom is 0.333 e. The van der Waals surface area contributed by atoms with Crippen LogP contribution in [0.5, 0.6) is 0 Å². The summed E-state index contributed by atoms with van der Waals surface area (Å²) in [6.45, 7) is 8.57. The molecule has 0 spiro atoms. The molecule has 0 rings (SSSR count). The lowest BCUT2D eigenvalue weighted by Crippen LogP contribution is -2.06. The molecule has 0 saturated carbocycles. The van der Waals surface area contributed by atoms with Crippen LogP contribution in [0.3, 0.4) is 0 Å². The van der Waals surface area contributed by atoms with Gasteiger partial charge in [-0.25, -0.2) is 4.79 Å². The lowest BCUT2D eigenvalue weighted by molar-refractivity contribution is -0.136. The van der Waals surface area contributed by atoms with E-state index in [4.69, 9.17) is 0 Å². The molecular weight excluding hydrogens is 176 g/mol. The monoisotopic (exact) mass is 198 g/mol. The molecule has 0 N–H and O–H groups in total. The van der Waals surface area contributed by atoms with Crippen molar-refractivity contribution in [3.8, 4) is 0 Å². The zero-order valence-corrected chi connectivity index (χ0v) is 10.0. The van der Waals surface area contributed by atoms with E-state index in [2.05, 4.69) is 25.5 Å². The van der Waals surface area contributed by atoms with E-state index in [0.29, 0.717) is 5.41 Å². The van der Waals surface area contributed by atoms with E-state index in [9.17, 15) is 4.79 Å². The van der Waals surface area contributed by atoms with Crippen LogP contribution in [-0.2, 0) is 9.53 Å². The molecule has 14 heavy (non-hydrogen) atoms. The topological polar surface area (TPSA) is 26.3 Å². The molecule has 0 aliphatic rings. The van der Waals surface area contributed by atoms with Gasteiger partial charge in [-0.3, -0.25) is 0 Å². The van der Waals surface area contributed by atoms with Crippen LogP contribution in [0.1, 0.15) is 47.0 Å². The molecule has 0 aromatic rings. The highest BCUT2D eigenvalue weighted by Crippen LogP contribution is 2.21. The van der Waals surface area contributed by atoms with Crippen molar-refractivity contribution in [1.29, 1.82) is 0 Å². The van der Waals surface area contributed by atoms with Crippen LogP contribution in [0.4, 0.5) is 0 Å². The van der Waals surface area contributed by atoms with E-state index >= 15 is 0 Å². The van der Waals surface area contributed by atoms with Crippen LogP contribution < -0.4 is 0 Å². The third-order valence-electron chi connectivity index (χ3n) is 2.11. The number of methoxy groups -OCH3 is 1. The Kier molecular flexibility index (Phi) is 5.51. The standard InChI is InChI=1S/C12H22O2/c1-6-10(11(13)14-5)8-7-9-12(2,3)4/h8H,6-7,9H2,1-5H3/b10-8+. The van der Waals surface area contributed by atoms with Crippen LogP contribution in [-0.4, -0.2) is 13.1 Å². The van der Waals surface area contributed by atoms with Gasteiger partial charge in [0.15, 0.2) is 0 Å². The van der Waals surface area contributed by atoms with E-state index in [1.807, 2.05) is 13.0 Å². The fourth-order valence-electron chi connectivity index (χ4n) is 1.18. The molecule has 0 heterocycles. The van der Waals surface area contributed by atoms with Crippen LogP contribution in [0.25, 0.3) is 0 Å². The summed E-state index contributed by atoms with van der Waals surface area (Å²) in [5.41, 5.74) is 1.11. The predicted molar refractivity (Wildman–Crippen MR) is 59.1 cm³/mol. The highest BCUT2D eigenvalue weighted by molar-refractivity contribution is 5.88. The van der Waals surface area contributed by atoms with Gasteiger partial charge >= 0.3 is 5.97 Å². The van der Waals surface area contributed by atoms with Crippen LogP contribution >= 0.6 is 0 Å². The largest absolute Gasteiger partial charge is 0.466 e. The predicted octanol–water partition coefficient (Wildman–Crippen LogP) is 3.32. The quantitative estimate of drug-likeness (QED) is 0.511. The van der Waals surface area contributed by atoms with Gasteiger partial charge in [-0.05, 0) is 24.7 Å². The summed E-state index contributed by atoms with van der Waals surface area (Å²) in [5, 5.41) is 0. The maximum atomic E-state index is 11.2. The minimum Gasteiger partial charge on any atom is -0.466 e. The molecule has 0 radical (unpaired) electrons. The van der Waals surface area contributed by atoms with Gasteiger partial charge in [-0.2, -0.15) is 0 Å². The third-order valence-corrected chi connectivity index (χ3v) is 2.11. The Morgan fingerprint density at radius 3 is 2.29 bits per heavy atom. The third kappa shape index (κ3) is 5.79. The summed E-state index contributed by atoms with van der Waals surface area (Å²) in [4.78, 5) is 11.2. The fraction of sp³-hybridized carbons (Fsp3) is 0.750. The second kappa shape index (κ2) is 5.84. The molecule has 0 aliphatic carbocycles. The van der Waals surface area contributed by atoms with E-state index in [0.717, 1.165) is 24.8 Å². The zero-order chi connectivity index (χ0) is 11.2. The number of hydrogen-bond donors (Lipinski definition) is 0. The van der Waals surface area contributed by atoms with Crippen molar-refractivity contribution in [3.63, 3.8) is 0 Å².